The van der Waals surface area contributed by atoms with Gasteiger partial charge in [0.05, 0.1) is 5.49 Å². The molecular weight excluding hydrogens is 154 g/mol. The summed E-state index contributed by atoms with van der Waals surface area (Å²) in [5, 5.41) is 2.94. The van der Waals surface area contributed by atoms with Crippen molar-refractivity contribution in [2.75, 3.05) is 6.54 Å². The van der Waals surface area contributed by atoms with E-state index in [1.807, 2.05) is 25.2 Å². The Bertz CT molecular complexity index is 180. The molecule has 0 aliphatic rings. The maximum atomic E-state index is 4.63. The molecule has 1 nitrogen and oxygen atoms in total. The standard InChI is InChI=1S/C9H13NS/c1-3-5-9(6-4-2)7-10-8-11/h3-6,8H,1,7H2,2H3,(H,10,11)/b6-4-,9-5+. The summed E-state index contributed by atoms with van der Waals surface area (Å²) < 4.78 is 0. The molecule has 0 aromatic heterocycles. The Labute approximate surface area is 73.5 Å². The fourth-order valence-electron chi connectivity index (χ4n) is 0.698. The Hall–Kier alpha value is -0.890. The maximum Gasteiger partial charge on any atom is 0.0617 e. The first-order valence-electron chi connectivity index (χ1n) is 3.46. The van der Waals surface area contributed by atoms with E-state index >= 15 is 0 Å². The van der Waals surface area contributed by atoms with Crippen LogP contribution in [0.15, 0.2) is 36.5 Å². The van der Waals surface area contributed by atoms with E-state index in [0.717, 1.165) is 6.54 Å². The van der Waals surface area contributed by atoms with E-state index in [1.54, 1.807) is 6.08 Å². The van der Waals surface area contributed by atoms with Crippen LogP contribution in [0.4, 0.5) is 0 Å². The van der Waals surface area contributed by atoms with Crippen molar-refractivity contribution >= 4 is 17.7 Å². The first-order chi connectivity index (χ1) is 5.35. The third-order valence-electron chi connectivity index (χ3n) is 1.10. The molecule has 0 saturated carbocycles. The minimum atomic E-state index is 0.764. The zero-order valence-corrected chi connectivity index (χ0v) is 7.53. The third kappa shape index (κ3) is 5.55. The zero-order valence-electron chi connectivity index (χ0n) is 6.71. The highest BCUT2D eigenvalue weighted by molar-refractivity contribution is 7.78. The summed E-state index contributed by atoms with van der Waals surface area (Å²) in [5.41, 5.74) is 2.68. The Balaban J connectivity index is 3.98. The zero-order chi connectivity index (χ0) is 8.53. The van der Waals surface area contributed by atoms with Crippen molar-refractivity contribution in [2.24, 2.45) is 0 Å². The molecule has 0 heterocycles. The second-order valence-electron chi connectivity index (χ2n) is 1.98. The van der Waals surface area contributed by atoms with Gasteiger partial charge in [-0.05, 0) is 12.5 Å². The molecule has 11 heavy (non-hydrogen) atoms. The van der Waals surface area contributed by atoms with Gasteiger partial charge in [0, 0.05) is 6.54 Å². The van der Waals surface area contributed by atoms with Gasteiger partial charge in [-0.15, -0.1) is 0 Å². The minimum Gasteiger partial charge on any atom is -0.378 e. The van der Waals surface area contributed by atoms with Crippen molar-refractivity contribution in [1.82, 2.24) is 5.32 Å². The average Bonchev–Trinajstić information content (AvgIpc) is 2.01. The lowest BCUT2D eigenvalue weighted by atomic mass is 10.2. The van der Waals surface area contributed by atoms with E-state index in [-0.39, 0.29) is 0 Å². The predicted octanol–water partition coefficient (Wildman–Crippen LogP) is 2.22. The average molecular weight is 167 g/mol. The van der Waals surface area contributed by atoms with Crippen molar-refractivity contribution in [1.29, 1.82) is 0 Å². The number of thiocarbonyl (C=S) groups is 1. The van der Waals surface area contributed by atoms with E-state index in [9.17, 15) is 0 Å². The molecule has 0 rings (SSSR count). The summed E-state index contributed by atoms with van der Waals surface area (Å²) in [6, 6.07) is 0. The van der Waals surface area contributed by atoms with Crippen LogP contribution >= 0.6 is 12.2 Å². The maximum absolute atomic E-state index is 4.63. The Morgan fingerprint density at radius 1 is 1.64 bits per heavy atom. The molecule has 0 aromatic rings. The molecule has 0 radical (unpaired) electrons. The lowest BCUT2D eigenvalue weighted by Crippen LogP contribution is -2.12. The summed E-state index contributed by atoms with van der Waals surface area (Å²) in [7, 11) is 0. The first-order valence-corrected chi connectivity index (χ1v) is 3.93. The van der Waals surface area contributed by atoms with Crippen molar-refractivity contribution in [2.45, 2.75) is 6.92 Å². The van der Waals surface area contributed by atoms with Gasteiger partial charge in [0.15, 0.2) is 0 Å². The molecular formula is C9H13NS. The molecule has 0 amide bonds. The van der Waals surface area contributed by atoms with Crippen LogP contribution in [0.25, 0.3) is 0 Å². The molecule has 0 unspecified atom stereocenters. The van der Waals surface area contributed by atoms with Gasteiger partial charge in [0.1, 0.15) is 0 Å². The molecule has 0 aliphatic heterocycles. The highest BCUT2D eigenvalue weighted by Gasteiger charge is 1.85. The molecule has 0 saturated heterocycles. The van der Waals surface area contributed by atoms with Crippen LogP contribution in [0.3, 0.4) is 0 Å². The summed E-state index contributed by atoms with van der Waals surface area (Å²) in [6.07, 6.45) is 7.72. The minimum absolute atomic E-state index is 0.764. The van der Waals surface area contributed by atoms with Gasteiger partial charge < -0.3 is 5.32 Å². The normalized spacial score (nSPS) is 11.5. The smallest absolute Gasteiger partial charge is 0.0617 e. The fraction of sp³-hybridized carbons (Fsp3) is 0.222. The topological polar surface area (TPSA) is 12.0 Å². The first kappa shape index (κ1) is 10.1. The second-order valence-corrected chi connectivity index (χ2v) is 2.21. The van der Waals surface area contributed by atoms with E-state index in [4.69, 9.17) is 0 Å². The lowest BCUT2D eigenvalue weighted by molar-refractivity contribution is 1.04. The quantitative estimate of drug-likeness (QED) is 0.498. The van der Waals surface area contributed by atoms with E-state index in [2.05, 4.69) is 24.1 Å². The van der Waals surface area contributed by atoms with Crippen LogP contribution in [0, 0.1) is 0 Å². The van der Waals surface area contributed by atoms with Crippen molar-refractivity contribution in [3.05, 3.63) is 36.5 Å². The monoisotopic (exact) mass is 167 g/mol. The Kier molecular flexibility index (Phi) is 6.64. The number of rotatable bonds is 5. The van der Waals surface area contributed by atoms with Gasteiger partial charge in [-0.2, -0.15) is 0 Å². The van der Waals surface area contributed by atoms with Gasteiger partial charge in [-0.25, -0.2) is 0 Å². The van der Waals surface area contributed by atoms with E-state index < -0.39 is 0 Å². The predicted molar refractivity (Wildman–Crippen MR) is 54.8 cm³/mol. The van der Waals surface area contributed by atoms with Crippen LogP contribution in [0.1, 0.15) is 6.92 Å². The number of nitrogens with one attached hydrogen (secondary N) is 1. The van der Waals surface area contributed by atoms with Crippen LogP contribution in [-0.2, 0) is 0 Å². The molecule has 60 valence electrons. The second kappa shape index (κ2) is 7.22. The van der Waals surface area contributed by atoms with Crippen LogP contribution < -0.4 is 5.32 Å². The molecule has 0 bridgehead atoms. The number of hydrogen-bond donors (Lipinski definition) is 1. The largest absolute Gasteiger partial charge is 0.378 e. The molecule has 0 spiro atoms. The van der Waals surface area contributed by atoms with Crippen LogP contribution in [-0.4, -0.2) is 12.0 Å². The van der Waals surface area contributed by atoms with Gasteiger partial charge in [0.25, 0.3) is 0 Å². The highest BCUT2D eigenvalue weighted by atomic mass is 32.1. The van der Waals surface area contributed by atoms with E-state index in [0.29, 0.717) is 0 Å². The van der Waals surface area contributed by atoms with Gasteiger partial charge in [-0.1, -0.05) is 43.1 Å². The molecule has 0 fully saturated rings. The van der Waals surface area contributed by atoms with Gasteiger partial charge in [0.2, 0.25) is 0 Å². The van der Waals surface area contributed by atoms with Crippen LogP contribution in [0.5, 0.6) is 0 Å². The summed E-state index contributed by atoms with van der Waals surface area (Å²) in [4.78, 5) is 0. The van der Waals surface area contributed by atoms with Gasteiger partial charge in [-0.3, -0.25) is 0 Å². The molecule has 2 heteroatoms. The molecule has 0 aliphatic carbocycles. The molecule has 0 atom stereocenters. The fourth-order valence-corrected chi connectivity index (χ4v) is 0.782. The highest BCUT2D eigenvalue weighted by Crippen LogP contribution is 1.94. The van der Waals surface area contributed by atoms with Crippen molar-refractivity contribution in [3.8, 4) is 0 Å². The van der Waals surface area contributed by atoms with Crippen LogP contribution in [0.2, 0.25) is 0 Å². The van der Waals surface area contributed by atoms with E-state index in [1.165, 1.54) is 11.1 Å². The number of allylic oxidation sites excluding steroid dienone is 3. The SMILES string of the molecule is C=C/C=C(\C=C/C)CNC=S. The van der Waals surface area contributed by atoms with Crippen molar-refractivity contribution < 1.29 is 0 Å². The molecule has 0 aromatic carbocycles. The summed E-state index contributed by atoms with van der Waals surface area (Å²) in [5.74, 6) is 0. The molecule has 1 N–H and O–H groups in total. The Morgan fingerprint density at radius 2 is 2.36 bits per heavy atom. The third-order valence-corrected chi connectivity index (χ3v) is 1.27. The van der Waals surface area contributed by atoms with Crippen molar-refractivity contribution in [3.63, 3.8) is 0 Å². The summed E-state index contributed by atoms with van der Waals surface area (Å²) >= 11 is 4.63. The summed E-state index contributed by atoms with van der Waals surface area (Å²) in [6.45, 7) is 6.36. The van der Waals surface area contributed by atoms with Gasteiger partial charge >= 0.3 is 0 Å². The number of hydrogen-bond acceptors (Lipinski definition) is 1. The lowest BCUT2D eigenvalue weighted by Gasteiger charge is -1.98. The Morgan fingerprint density at radius 3 is 2.82 bits per heavy atom.